The van der Waals surface area contributed by atoms with Crippen LogP contribution in [0.15, 0.2) is 212 Å². The van der Waals surface area contributed by atoms with Gasteiger partial charge in [0.05, 0.1) is 5.69 Å². The first-order valence-electron chi connectivity index (χ1n) is 17.5. The van der Waals surface area contributed by atoms with E-state index >= 15 is 0 Å². The van der Waals surface area contributed by atoms with Crippen molar-refractivity contribution in [2.75, 3.05) is 4.90 Å². The van der Waals surface area contributed by atoms with Crippen molar-refractivity contribution in [3.05, 3.63) is 212 Å². The van der Waals surface area contributed by atoms with Gasteiger partial charge in [-0.3, -0.25) is 0 Å². The summed E-state index contributed by atoms with van der Waals surface area (Å²) in [5.41, 5.74) is 12.9. The number of benzene rings is 9. The van der Waals surface area contributed by atoms with Crippen molar-refractivity contribution in [3.63, 3.8) is 0 Å². The summed E-state index contributed by atoms with van der Waals surface area (Å²) in [5.74, 6) is 0. The van der Waals surface area contributed by atoms with Gasteiger partial charge in [0.2, 0.25) is 0 Å². The Labute approximate surface area is 299 Å². The fraction of sp³-hybridized carbons (Fsp3) is 0. The summed E-state index contributed by atoms with van der Waals surface area (Å²) >= 11 is 0. The summed E-state index contributed by atoms with van der Waals surface area (Å²) in [5, 5.41) is 5.00. The van der Waals surface area contributed by atoms with Gasteiger partial charge in [0.25, 0.3) is 0 Å². The summed E-state index contributed by atoms with van der Waals surface area (Å²) < 4.78 is 0. The van der Waals surface area contributed by atoms with E-state index in [0.717, 1.165) is 17.1 Å². The van der Waals surface area contributed by atoms with Crippen molar-refractivity contribution in [2.24, 2.45) is 0 Å². The summed E-state index contributed by atoms with van der Waals surface area (Å²) in [6.07, 6.45) is 0. The Morgan fingerprint density at radius 3 is 1.69 bits per heavy atom. The molecule has 0 N–H and O–H groups in total. The van der Waals surface area contributed by atoms with Crippen LogP contribution in [0.25, 0.3) is 66.1 Å². The Hall–Kier alpha value is -6.70. The molecule has 0 amide bonds. The molecule has 0 aliphatic rings. The van der Waals surface area contributed by atoms with Gasteiger partial charge in [0, 0.05) is 16.9 Å². The molecular formula is C50H35N. The third-order valence-electron chi connectivity index (χ3n) is 9.84. The van der Waals surface area contributed by atoms with Crippen molar-refractivity contribution < 1.29 is 0 Å². The lowest BCUT2D eigenvalue weighted by molar-refractivity contribution is 1.28. The molecule has 0 bridgehead atoms. The molecule has 0 fully saturated rings. The molecule has 0 heterocycles. The van der Waals surface area contributed by atoms with Crippen LogP contribution in [0.4, 0.5) is 17.1 Å². The van der Waals surface area contributed by atoms with Crippen LogP contribution in [0.3, 0.4) is 0 Å². The average Bonchev–Trinajstić information content (AvgIpc) is 3.21. The lowest BCUT2D eigenvalue weighted by Gasteiger charge is -2.28. The minimum Gasteiger partial charge on any atom is -0.310 e. The molecule has 0 spiro atoms. The molecule has 0 unspecified atom stereocenters. The van der Waals surface area contributed by atoms with E-state index in [1.54, 1.807) is 0 Å². The van der Waals surface area contributed by atoms with E-state index in [1.165, 1.54) is 66.1 Å². The molecule has 0 aliphatic heterocycles. The van der Waals surface area contributed by atoms with Gasteiger partial charge in [0.1, 0.15) is 0 Å². The van der Waals surface area contributed by atoms with Crippen LogP contribution < -0.4 is 4.90 Å². The van der Waals surface area contributed by atoms with Gasteiger partial charge >= 0.3 is 0 Å². The fourth-order valence-corrected chi connectivity index (χ4v) is 7.30. The van der Waals surface area contributed by atoms with Crippen LogP contribution in [0, 0.1) is 0 Å². The summed E-state index contributed by atoms with van der Waals surface area (Å²) in [6.45, 7) is 0. The second-order valence-electron chi connectivity index (χ2n) is 13.0. The molecular weight excluding hydrogens is 615 g/mol. The zero-order chi connectivity index (χ0) is 34.0. The van der Waals surface area contributed by atoms with Crippen LogP contribution in [0.1, 0.15) is 0 Å². The molecule has 0 radical (unpaired) electrons. The second kappa shape index (κ2) is 13.3. The molecule has 9 rings (SSSR count). The first-order valence-corrected chi connectivity index (χ1v) is 17.5. The molecule has 0 aromatic heterocycles. The molecule has 240 valence electrons. The maximum atomic E-state index is 2.40. The molecule has 0 saturated heterocycles. The summed E-state index contributed by atoms with van der Waals surface area (Å²) in [7, 11) is 0. The zero-order valence-corrected chi connectivity index (χ0v) is 28.2. The quantitative estimate of drug-likeness (QED) is 0.166. The van der Waals surface area contributed by atoms with Gasteiger partial charge in [0.15, 0.2) is 0 Å². The highest BCUT2D eigenvalue weighted by Gasteiger charge is 2.18. The Kier molecular flexibility index (Phi) is 7.92. The molecule has 0 aliphatic carbocycles. The molecule has 0 atom stereocenters. The Morgan fingerprint density at radius 2 is 0.824 bits per heavy atom. The molecule has 0 saturated carbocycles. The van der Waals surface area contributed by atoms with Gasteiger partial charge in [-0.15, -0.1) is 0 Å². The predicted molar refractivity (Wildman–Crippen MR) is 218 cm³/mol. The number of anilines is 3. The average molecular weight is 650 g/mol. The minimum absolute atomic E-state index is 1.10. The van der Waals surface area contributed by atoms with Crippen molar-refractivity contribution in [3.8, 4) is 44.5 Å². The lowest BCUT2D eigenvalue weighted by atomic mass is 9.96. The molecule has 1 heteroatoms. The number of fused-ring (bicyclic) bond motifs is 2. The van der Waals surface area contributed by atoms with E-state index < -0.39 is 0 Å². The van der Waals surface area contributed by atoms with E-state index in [1.807, 2.05) is 0 Å². The van der Waals surface area contributed by atoms with Gasteiger partial charge in [-0.2, -0.15) is 0 Å². The first-order chi connectivity index (χ1) is 25.3. The van der Waals surface area contributed by atoms with Gasteiger partial charge < -0.3 is 4.90 Å². The highest BCUT2D eigenvalue weighted by atomic mass is 15.1. The topological polar surface area (TPSA) is 3.24 Å². The van der Waals surface area contributed by atoms with E-state index in [9.17, 15) is 0 Å². The number of nitrogens with zero attached hydrogens (tertiary/aromatic N) is 1. The van der Waals surface area contributed by atoms with Crippen molar-refractivity contribution >= 4 is 38.6 Å². The predicted octanol–water partition coefficient (Wildman–Crippen LogP) is 14.1. The number of hydrogen-bond donors (Lipinski definition) is 0. The number of rotatable bonds is 7. The number of para-hydroxylation sites is 1. The van der Waals surface area contributed by atoms with Crippen LogP contribution in [-0.2, 0) is 0 Å². The van der Waals surface area contributed by atoms with Crippen LogP contribution in [0.2, 0.25) is 0 Å². The third-order valence-corrected chi connectivity index (χ3v) is 9.84. The van der Waals surface area contributed by atoms with E-state index in [0.29, 0.717) is 0 Å². The monoisotopic (exact) mass is 649 g/mol. The Balaban J connectivity index is 1.19. The molecule has 1 nitrogen and oxygen atoms in total. The van der Waals surface area contributed by atoms with E-state index in [4.69, 9.17) is 0 Å². The van der Waals surface area contributed by atoms with Gasteiger partial charge in [-0.1, -0.05) is 170 Å². The SMILES string of the molecule is c1ccc(-c2cccc(-c3ccccc3N(c3ccc(-c4cccc5ccccc45)cc3)c3cccc(-c4ccc5ccccc5c4)c3)c2)cc1. The third kappa shape index (κ3) is 5.96. The van der Waals surface area contributed by atoms with Crippen molar-refractivity contribution in [1.82, 2.24) is 0 Å². The highest BCUT2D eigenvalue weighted by molar-refractivity contribution is 5.97. The van der Waals surface area contributed by atoms with Crippen LogP contribution in [0.5, 0.6) is 0 Å². The lowest BCUT2D eigenvalue weighted by Crippen LogP contribution is -2.11. The second-order valence-corrected chi connectivity index (χ2v) is 13.0. The zero-order valence-electron chi connectivity index (χ0n) is 28.2. The maximum Gasteiger partial charge on any atom is 0.0540 e. The maximum absolute atomic E-state index is 2.40. The normalized spacial score (nSPS) is 11.1. The molecule has 9 aromatic carbocycles. The van der Waals surface area contributed by atoms with Crippen LogP contribution >= 0.6 is 0 Å². The van der Waals surface area contributed by atoms with Gasteiger partial charge in [-0.25, -0.2) is 0 Å². The Morgan fingerprint density at radius 1 is 0.255 bits per heavy atom. The molecule has 51 heavy (non-hydrogen) atoms. The minimum atomic E-state index is 1.10. The van der Waals surface area contributed by atoms with E-state index in [-0.39, 0.29) is 0 Å². The fourth-order valence-electron chi connectivity index (χ4n) is 7.30. The smallest absolute Gasteiger partial charge is 0.0540 e. The standard InChI is InChI=1S/C50H35N/c1-2-13-36(14-3-1)41-19-10-21-44(34-41)49-24-8-9-26-50(49)51(45-31-29-39(30-32-45)48-25-12-18-38-16-6-7-23-47(38)48)46-22-11-20-42(35-46)43-28-27-37-15-4-5-17-40(37)33-43/h1-35H. The summed E-state index contributed by atoms with van der Waals surface area (Å²) in [6, 6.07) is 76.7. The summed E-state index contributed by atoms with van der Waals surface area (Å²) in [4.78, 5) is 2.40. The van der Waals surface area contributed by atoms with Crippen molar-refractivity contribution in [1.29, 1.82) is 0 Å². The Bertz CT molecular complexity index is 2630. The van der Waals surface area contributed by atoms with Crippen molar-refractivity contribution in [2.45, 2.75) is 0 Å². The van der Waals surface area contributed by atoms with Crippen LogP contribution in [-0.4, -0.2) is 0 Å². The van der Waals surface area contributed by atoms with Gasteiger partial charge in [-0.05, 0) is 103 Å². The largest absolute Gasteiger partial charge is 0.310 e. The molecule has 9 aromatic rings. The first kappa shape index (κ1) is 30.4. The highest BCUT2D eigenvalue weighted by Crippen LogP contribution is 2.43. The van der Waals surface area contributed by atoms with E-state index in [2.05, 4.69) is 217 Å². The number of hydrogen-bond acceptors (Lipinski definition) is 1.